The second kappa shape index (κ2) is 13.3. The van der Waals surface area contributed by atoms with Crippen LogP contribution in [0.4, 0.5) is 11.5 Å². The van der Waals surface area contributed by atoms with Crippen molar-refractivity contribution in [3.63, 3.8) is 0 Å². The molecule has 8 nitrogen and oxygen atoms in total. The number of benzene rings is 1. The van der Waals surface area contributed by atoms with E-state index >= 15 is 0 Å². The molecule has 0 atom stereocenters. The molecule has 2 amide bonds. The molecule has 1 fully saturated rings. The lowest BCUT2D eigenvalue weighted by Crippen LogP contribution is -2.40. The van der Waals surface area contributed by atoms with Crippen LogP contribution in [0.2, 0.25) is 5.02 Å². The highest BCUT2D eigenvalue weighted by Crippen LogP contribution is 2.31. The van der Waals surface area contributed by atoms with E-state index in [9.17, 15) is 9.59 Å². The van der Waals surface area contributed by atoms with Gasteiger partial charge in [0.25, 0.3) is 5.91 Å². The number of pyridine rings is 1. The molecular formula is C26H36ClN5O3. The largest absolute Gasteiger partial charge is 0.497 e. The minimum Gasteiger partial charge on any atom is -0.497 e. The van der Waals surface area contributed by atoms with Crippen molar-refractivity contribution in [2.24, 2.45) is 5.92 Å². The smallest absolute Gasteiger partial charge is 0.255 e. The molecule has 0 unspecified atom stereocenters. The molecule has 1 aliphatic heterocycles. The maximum absolute atomic E-state index is 12.8. The van der Waals surface area contributed by atoms with Crippen LogP contribution in [0.5, 0.6) is 5.75 Å². The molecule has 0 aliphatic carbocycles. The van der Waals surface area contributed by atoms with Crippen LogP contribution < -0.4 is 20.3 Å². The SMILES string of the molecule is CCCN(CCNC)C(=O)CC1CCN(c2ncc(Cl)cc2NC(=O)c2ccc(OC)cc2)CC1. The summed E-state index contributed by atoms with van der Waals surface area (Å²) >= 11 is 6.20. The highest BCUT2D eigenvalue weighted by molar-refractivity contribution is 6.31. The van der Waals surface area contributed by atoms with Crippen LogP contribution >= 0.6 is 11.6 Å². The molecule has 0 bridgehead atoms. The zero-order valence-electron chi connectivity index (χ0n) is 20.8. The van der Waals surface area contributed by atoms with Gasteiger partial charge in [-0.2, -0.15) is 0 Å². The number of halogens is 1. The van der Waals surface area contributed by atoms with E-state index < -0.39 is 0 Å². The molecule has 2 heterocycles. The maximum atomic E-state index is 12.8. The highest BCUT2D eigenvalue weighted by atomic mass is 35.5. The third kappa shape index (κ3) is 7.57. The predicted molar refractivity (Wildman–Crippen MR) is 141 cm³/mol. The van der Waals surface area contributed by atoms with E-state index in [2.05, 4.69) is 27.4 Å². The Morgan fingerprint density at radius 3 is 2.54 bits per heavy atom. The Labute approximate surface area is 213 Å². The summed E-state index contributed by atoms with van der Waals surface area (Å²) in [7, 11) is 3.49. The molecule has 9 heteroatoms. The summed E-state index contributed by atoms with van der Waals surface area (Å²) < 4.78 is 5.16. The lowest BCUT2D eigenvalue weighted by molar-refractivity contribution is -0.132. The van der Waals surface area contributed by atoms with Gasteiger partial charge in [0.1, 0.15) is 5.75 Å². The van der Waals surface area contributed by atoms with Crippen LogP contribution in [0.15, 0.2) is 36.5 Å². The number of aromatic nitrogens is 1. The number of amides is 2. The van der Waals surface area contributed by atoms with E-state index in [1.165, 1.54) is 0 Å². The van der Waals surface area contributed by atoms with Crippen molar-refractivity contribution >= 4 is 34.9 Å². The summed E-state index contributed by atoms with van der Waals surface area (Å²) in [6.45, 7) is 5.98. The van der Waals surface area contributed by atoms with Crippen molar-refractivity contribution in [3.05, 3.63) is 47.1 Å². The van der Waals surface area contributed by atoms with E-state index in [-0.39, 0.29) is 11.8 Å². The number of carbonyl (C=O) groups excluding carboxylic acids is 2. The summed E-state index contributed by atoms with van der Waals surface area (Å²) in [6.07, 6.45) is 4.93. The van der Waals surface area contributed by atoms with Crippen LogP contribution in [-0.2, 0) is 4.79 Å². The molecule has 2 aromatic rings. The molecule has 1 aromatic carbocycles. The number of likely N-dealkylation sites (N-methyl/N-ethyl adjacent to an activating group) is 1. The summed E-state index contributed by atoms with van der Waals surface area (Å²) in [5.41, 5.74) is 1.10. The average Bonchev–Trinajstić information content (AvgIpc) is 2.87. The van der Waals surface area contributed by atoms with E-state index in [0.717, 1.165) is 52.0 Å². The van der Waals surface area contributed by atoms with E-state index in [1.807, 2.05) is 11.9 Å². The summed E-state index contributed by atoms with van der Waals surface area (Å²) in [4.78, 5) is 34.3. The highest BCUT2D eigenvalue weighted by Gasteiger charge is 2.26. The van der Waals surface area contributed by atoms with Gasteiger partial charge >= 0.3 is 0 Å². The monoisotopic (exact) mass is 501 g/mol. The number of ether oxygens (including phenoxy) is 1. The zero-order valence-corrected chi connectivity index (χ0v) is 21.6. The lowest BCUT2D eigenvalue weighted by Gasteiger charge is -2.34. The summed E-state index contributed by atoms with van der Waals surface area (Å²) in [5, 5.41) is 6.54. The van der Waals surface area contributed by atoms with Crippen LogP contribution in [0.3, 0.4) is 0 Å². The Morgan fingerprint density at radius 2 is 1.91 bits per heavy atom. The fourth-order valence-corrected chi connectivity index (χ4v) is 4.47. The second-order valence-electron chi connectivity index (χ2n) is 8.83. The number of methoxy groups -OCH3 is 1. The van der Waals surface area contributed by atoms with Gasteiger partial charge in [0, 0.05) is 50.9 Å². The van der Waals surface area contributed by atoms with Crippen molar-refractivity contribution in [2.45, 2.75) is 32.6 Å². The molecule has 35 heavy (non-hydrogen) atoms. The van der Waals surface area contributed by atoms with Gasteiger partial charge < -0.3 is 25.2 Å². The number of rotatable bonds is 11. The third-order valence-electron chi connectivity index (χ3n) is 6.29. The van der Waals surface area contributed by atoms with Crippen molar-refractivity contribution in [1.29, 1.82) is 0 Å². The zero-order chi connectivity index (χ0) is 25.2. The number of hydrogen-bond acceptors (Lipinski definition) is 6. The van der Waals surface area contributed by atoms with E-state index in [0.29, 0.717) is 40.2 Å². The normalized spacial score (nSPS) is 14.0. The molecule has 2 N–H and O–H groups in total. The molecule has 1 aliphatic rings. The fraction of sp³-hybridized carbons (Fsp3) is 0.500. The molecule has 190 valence electrons. The number of piperidine rings is 1. The molecule has 3 rings (SSSR count). The van der Waals surface area contributed by atoms with Gasteiger partial charge in [-0.15, -0.1) is 0 Å². The summed E-state index contributed by atoms with van der Waals surface area (Å²) in [6, 6.07) is 8.65. The first-order chi connectivity index (χ1) is 16.9. The first-order valence-corrected chi connectivity index (χ1v) is 12.6. The number of anilines is 2. The van der Waals surface area contributed by atoms with Crippen molar-refractivity contribution in [3.8, 4) is 5.75 Å². The van der Waals surface area contributed by atoms with E-state index in [1.54, 1.807) is 43.6 Å². The molecule has 1 saturated heterocycles. The Bertz CT molecular complexity index is 977. The second-order valence-corrected chi connectivity index (χ2v) is 9.26. The van der Waals surface area contributed by atoms with E-state index in [4.69, 9.17) is 16.3 Å². The van der Waals surface area contributed by atoms with Gasteiger partial charge in [-0.05, 0) is 62.6 Å². The molecule has 0 spiro atoms. The Morgan fingerprint density at radius 1 is 1.20 bits per heavy atom. The Balaban J connectivity index is 1.62. The topological polar surface area (TPSA) is 86.8 Å². The number of nitrogens with one attached hydrogen (secondary N) is 2. The average molecular weight is 502 g/mol. The van der Waals surface area contributed by atoms with Crippen LogP contribution in [0, 0.1) is 5.92 Å². The number of nitrogens with zero attached hydrogens (tertiary/aromatic N) is 3. The first kappa shape index (κ1) is 26.8. The molecular weight excluding hydrogens is 466 g/mol. The number of carbonyl (C=O) groups is 2. The minimum atomic E-state index is -0.240. The molecule has 0 radical (unpaired) electrons. The lowest BCUT2D eigenvalue weighted by atomic mass is 9.92. The van der Waals surface area contributed by atoms with Crippen molar-refractivity contribution in [2.75, 3.05) is 57.1 Å². The standard InChI is InChI=1S/C26H36ClN5O3/c1-4-12-31(15-11-28-2)24(33)16-19-9-13-32(14-10-19)25-23(17-21(27)18-29-25)30-26(34)20-5-7-22(35-3)8-6-20/h5-8,17-19,28H,4,9-16H2,1-3H3,(H,30,34). The summed E-state index contributed by atoms with van der Waals surface area (Å²) in [5.74, 6) is 1.72. The Hall–Kier alpha value is -2.84. The molecule has 1 aromatic heterocycles. The van der Waals surface area contributed by atoms with Gasteiger partial charge in [0.15, 0.2) is 5.82 Å². The molecule has 0 saturated carbocycles. The van der Waals surface area contributed by atoms with Crippen molar-refractivity contribution < 1.29 is 14.3 Å². The van der Waals surface area contributed by atoms with Crippen LogP contribution in [-0.4, -0.2) is 68.6 Å². The maximum Gasteiger partial charge on any atom is 0.255 e. The number of hydrogen-bond donors (Lipinski definition) is 2. The van der Waals surface area contributed by atoms with Crippen LogP contribution in [0.1, 0.15) is 43.0 Å². The first-order valence-electron chi connectivity index (χ1n) is 12.2. The predicted octanol–water partition coefficient (Wildman–Crippen LogP) is 4.06. The minimum absolute atomic E-state index is 0.234. The van der Waals surface area contributed by atoms with Gasteiger partial charge in [-0.25, -0.2) is 4.98 Å². The van der Waals surface area contributed by atoms with Crippen molar-refractivity contribution in [1.82, 2.24) is 15.2 Å². The Kier molecular flexibility index (Phi) is 10.2. The van der Waals surface area contributed by atoms with Gasteiger partial charge in [-0.3, -0.25) is 9.59 Å². The quantitative estimate of drug-likeness (QED) is 0.483. The third-order valence-corrected chi connectivity index (χ3v) is 6.50. The van der Waals surface area contributed by atoms with Gasteiger partial charge in [0.2, 0.25) is 5.91 Å². The van der Waals surface area contributed by atoms with Gasteiger partial charge in [0.05, 0.1) is 17.8 Å². The van der Waals surface area contributed by atoms with Gasteiger partial charge in [-0.1, -0.05) is 18.5 Å². The fourth-order valence-electron chi connectivity index (χ4n) is 4.32. The van der Waals surface area contributed by atoms with Crippen LogP contribution in [0.25, 0.3) is 0 Å².